The van der Waals surface area contributed by atoms with Crippen molar-refractivity contribution in [1.82, 2.24) is 9.80 Å². The van der Waals surface area contributed by atoms with E-state index in [2.05, 4.69) is 11.8 Å². The number of benzene rings is 1. The minimum absolute atomic E-state index is 0.160. The Morgan fingerprint density at radius 3 is 2.75 bits per heavy atom. The van der Waals surface area contributed by atoms with Crippen LogP contribution in [-0.4, -0.2) is 47.0 Å². The van der Waals surface area contributed by atoms with E-state index in [4.69, 9.17) is 0 Å². The van der Waals surface area contributed by atoms with E-state index in [1.165, 1.54) is 12.8 Å². The Morgan fingerprint density at radius 1 is 1.40 bits per heavy atom. The molecule has 0 aromatic heterocycles. The van der Waals surface area contributed by atoms with Gasteiger partial charge < -0.3 is 14.9 Å². The standard InChI is InChI=1S/C16H24N2O2/c1-13(18-8-3-4-9-18)10-16(20)17(2)12-14-6-5-7-15(19)11-14/h5-7,11,13,19H,3-4,8-10,12H2,1-2H3/t13-/m1/s1. The molecule has 1 aliphatic heterocycles. The van der Waals surface area contributed by atoms with Gasteiger partial charge in [-0.1, -0.05) is 12.1 Å². The van der Waals surface area contributed by atoms with Crippen LogP contribution in [0.3, 0.4) is 0 Å². The number of carbonyl (C=O) groups excluding carboxylic acids is 1. The van der Waals surface area contributed by atoms with Crippen molar-refractivity contribution in [3.63, 3.8) is 0 Å². The van der Waals surface area contributed by atoms with Crippen molar-refractivity contribution < 1.29 is 9.90 Å². The number of aromatic hydroxyl groups is 1. The molecule has 4 nitrogen and oxygen atoms in total. The molecule has 1 N–H and O–H groups in total. The van der Waals surface area contributed by atoms with E-state index in [1.54, 1.807) is 23.1 Å². The van der Waals surface area contributed by atoms with Crippen LogP contribution in [0.4, 0.5) is 0 Å². The average Bonchev–Trinajstić information content (AvgIpc) is 2.92. The van der Waals surface area contributed by atoms with Crippen LogP contribution >= 0.6 is 0 Å². The van der Waals surface area contributed by atoms with Crippen LogP contribution in [0.1, 0.15) is 31.7 Å². The summed E-state index contributed by atoms with van der Waals surface area (Å²) in [6.07, 6.45) is 3.06. The molecular formula is C16H24N2O2. The van der Waals surface area contributed by atoms with Gasteiger partial charge in [0.2, 0.25) is 5.91 Å². The van der Waals surface area contributed by atoms with Gasteiger partial charge in [0.15, 0.2) is 0 Å². The van der Waals surface area contributed by atoms with Gasteiger partial charge in [0.25, 0.3) is 0 Å². The molecule has 1 heterocycles. The van der Waals surface area contributed by atoms with Gasteiger partial charge in [-0.25, -0.2) is 0 Å². The minimum atomic E-state index is 0.160. The van der Waals surface area contributed by atoms with E-state index >= 15 is 0 Å². The van der Waals surface area contributed by atoms with E-state index < -0.39 is 0 Å². The van der Waals surface area contributed by atoms with Crippen molar-refractivity contribution in [2.45, 2.75) is 38.8 Å². The number of amides is 1. The molecule has 1 atom stereocenters. The van der Waals surface area contributed by atoms with Crippen molar-refractivity contribution >= 4 is 5.91 Å². The van der Waals surface area contributed by atoms with Crippen LogP contribution in [-0.2, 0) is 11.3 Å². The Hall–Kier alpha value is -1.55. The number of likely N-dealkylation sites (tertiary alicyclic amines) is 1. The third-order valence-electron chi connectivity index (χ3n) is 3.99. The maximum absolute atomic E-state index is 12.2. The van der Waals surface area contributed by atoms with E-state index in [9.17, 15) is 9.90 Å². The molecule has 1 fully saturated rings. The molecule has 1 aliphatic rings. The Labute approximate surface area is 121 Å². The summed E-state index contributed by atoms with van der Waals surface area (Å²) in [5.74, 6) is 0.404. The normalized spacial score (nSPS) is 17.1. The zero-order valence-electron chi connectivity index (χ0n) is 12.4. The average molecular weight is 276 g/mol. The van der Waals surface area contributed by atoms with E-state index in [-0.39, 0.29) is 11.7 Å². The monoisotopic (exact) mass is 276 g/mol. The number of nitrogens with zero attached hydrogens (tertiary/aromatic N) is 2. The lowest BCUT2D eigenvalue weighted by atomic mass is 10.1. The van der Waals surface area contributed by atoms with Gasteiger partial charge in [-0.15, -0.1) is 0 Å². The Bertz CT molecular complexity index is 456. The van der Waals surface area contributed by atoms with Gasteiger partial charge in [-0.3, -0.25) is 4.79 Å². The second-order valence-electron chi connectivity index (χ2n) is 5.72. The number of hydrogen-bond acceptors (Lipinski definition) is 3. The molecule has 1 aromatic carbocycles. The first-order valence-corrected chi connectivity index (χ1v) is 7.32. The van der Waals surface area contributed by atoms with Gasteiger partial charge in [0, 0.05) is 26.1 Å². The van der Waals surface area contributed by atoms with E-state index in [0.29, 0.717) is 19.0 Å². The fraction of sp³-hybridized carbons (Fsp3) is 0.562. The van der Waals surface area contributed by atoms with Gasteiger partial charge in [0.1, 0.15) is 5.75 Å². The molecule has 1 amide bonds. The van der Waals surface area contributed by atoms with Crippen molar-refractivity contribution in [1.29, 1.82) is 0 Å². The molecule has 0 aliphatic carbocycles. The Morgan fingerprint density at radius 2 is 2.10 bits per heavy atom. The summed E-state index contributed by atoms with van der Waals surface area (Å²) in [6, 6.07) is 7.38. The summed E-state index contributed by atoms with van der Waals surface area (Å²) in [5, 5.41) is 9.44. The Kier molecular flexibility index (Phi) is 5.01. The topological polar surface area (TPSA) is 43.8 Å². The molecule has 1 saturated heterocycles. The van der Waals surface area contributed by atoms with Crippen molar-refractivity contribution in [3.8, 4) is 5.75 Å². The van der Waals surface area contributed by atoms with Crippen LogP contribution in [0, 0.1) is 0 Å². The minimum Gasteiger partial charge on any atom is -0.508 e. The van der Waals surface area contributed by atoms with E-state index in [1.807, 2.05) is 13.1 Å². The molecule has 20 heavy (non-hydrogen) atoms. The number of hydrogen-bond donors (Lipinski definition) is 1. The zero-order chi connectivity index (χ0) is 14.5. The Balaban J connectivity index is 1.85. The number of carbonyl (C=O) groups is 1. The first-order chi connectivity index (χ1) is 9.56. The van der Waals surface area contributed by atoms with Crippen LogP contribution in [0.25, 0.3) is 0 Å². The predicted molar refractivity (Wildman–Crippen MR) is 79.5 cm³/mol. The molecule has 0 radical (unpaired) electrons. The summed E-state index contributed by atoms with van der Waals surface area (Å²) in [4.78, 5) is 16.4. The maximum atomic E-state index is 12.2. The predicted octanol–water partition coefficient (Wildman–Crippen LogP) is 2.23. The van der Waals surface area contributed by atoms with Gasteiger partial charge in [-0.2, -0.15) is 0 Å². The van der Waals surface area contributed by atoms with Gasteiger partial charge >= 0.3 is 0 Å². The molecular weight excluding hydrogens is 252 g/mol. The quantitative estimate of drug-likeness (QED) is 0.897. The summed E-state index contributed by atoms with van der Waals surface area (Å²) in [7, 11) is 1.82. The lowest BCUT2D eigenvalue weighted by Crippen LogP contribution is -2.36. The molecule has 0 saturated carbocycles. The van der Waals surface area contributed by atoms with Gasteiger partial charge in [-0.05, 0) is 50.6 Å². The van der Waals surface area contributed by atoms with Crippen LogP contribution in [0.15, 0.2) is 24.3 Å². The van der Waals surface area contributed by atoms with E-state index in [0.717, 1.165) is 18.7 Å². The third kappa shape index (κ3) is 3.97. The second kappa shape index (κ2) is 6.75. The molecule has 0 bridgehead atoms. The maximum Gasteiger partial charge on any atom is 0.224 e. The highest BCUT2D eigenvalue weighted by atomic mass is 16.3. The molecule has 110 valence electrons. The zero-order valence-corrected chi connectivity index (χ0v) is 12.4. The second-order valence-corrected chi connectivity index (χ2v) is 5.72. The highest BCUT2D eigenvalue weighted by Crippen LogP contribution is 2.16. The lowest BCUT2D eigenvalue weighted by Gasteiger charge is -2.25. The number of phenolic OH excluding ortho intramolecular Hbond substituents is 1. The molecule has 2 rings (SSSR count). The highest BCUT2D eigenvalue weighted by Gasteiger charge is 2.21. The smallest absolute Gasteiger partial charge is 0.224 e. The summed E-state index contributed by atoms with van der Waals surface area (Å²) in [5.41, 5.74) is 0.953. The first-order valence-electron chi connectivity index (χ1n) is 7.32. The molecule has 0 unspecified atom stereocenters. The van der Waals surface area contributed by atoms with Crippen LogP contribution in [0.5, 0.6) is 5.75 Å². The summed E-state index contributed by atoms with van der Waals surface area (Å²) in [6.45, 7) is 4.90. The largest absolute Gasteiger partial charge is 0.508 e. The fourth-order valence-corrected chi connectivity index (χ4v) is 2.74. The summed E-state index contributed by atoms with van der Waals surface area (Å²) < 4.78 is 0. The van der Waals surface area contributed by atoms with Crippen molar-refractivity contribution in [3.05, 3.63) is 29.8 Å². The lowest BCUT2D eigenvalue weighted by molar-refractivity contribution is -0.131. The fourth-order valence-electron chi connectivity index (χ4n) is 2.74. The number of rotatable bonds is 5. The van der Waals surface area contributed by atoms with Crippen molar-refractivity contribution in [2.24, 2.45) is 0 Å². The van der Waals surface area contributed by atoms with Gasteiger partial charge in [0.05, 0.1) is 0 Å². The molecule has 4 heteroatoms. The molecule has 1 aromatic rings. The summed E-state index contributed by atoms with van der Waals surface area (Å²) >= 11 is 0. The van der Waals surface area contributed by atoms with Crippen LogP contribution < -0.4 is 0 Å². The first kappa shape index (κ1) is 14.9. The number of phenols is 1. The van der Waals surface area contributed by atoms with Crippen LogP contribution in [0.2, 0.25) is 0 Å². The van der Waals surface area contributed by atoms with Crippen molar-refractivity contribution in [2.75, 3.05) is 20.1 Å². The third-order valence-corrected chi connectivity index (χ3v) is 3.99. The SMILES string of the molecule is C[C@H](CC(=O)N(C)Cc1cccc(O)c1)N1CCCC1. The molecule has 0 spiro atoms. The highest BCUT2D eigenvalue weighted by molar-refractivity contribution is 5.76.